The summed E-state index contributed by atoms with van der Waals surface area (Å²) in [5.74, 6) is -0.0942. The van der Waals surface area contributed by atoms with Crippen molar-refractivity contribution < 1.29 is 4.79 Å². The second kappa shape index (κ2) is 4.72. The Hall–Kier alpha value is -2.21. The molecule has 5 nitrogen and oxygen atoms in total. The minimum absolute atomic E-state index is 0.0398. The SMILES string of the molecule is CC(C)N1C(=O)/C(=C/c2c[nH]c3ccncc23)NC1=S. The van der Waals surface area contributed by atoms with Crippen LogP contribution in [0.25, 0.3) is 17.0 Å². The van der Waals surface area contributed by atoms with Crippen molar-refractivity contribution in [1.29, 1.82) is 0 Å². The summed E-state index contributed by atoms with van der Waals surface area (Å²) < 4.78 is 0. The molecular weight excluding hydrogens is 272 g/mol. The fraction of sp³-hybridized carbons (Fsp3) is 0.214. The number of thiocarbonyl (C=S) groups is 1. The van der Waals surface area contributed by atoms with E-state index in [1.54, 1.807) is 23.4 Å². The highest BCUT2D eigenvalue weighted by molar-refractivity contribution is 7.80. The zero-order chi connectivity index (χ0) is 14.3. The van der Waals surface area contributed by atoms with Gasteiger partial charge in [0.15, 0.2) is 5.11 Å². The number of hydrogen-bond acceptors (Lipinski definition) is 3. The van der Waals surface area contributed by atoms with E-state index < -0.39 is 0 Å². The molecule has 3 rings (SSSR count). The number of hydrogen-bond donors (Lipinski definition) is 2. The molecule has 0 aromatic carbocycles. The molecular formula is C14H14N4OS. The van der Waals surface area contributed by atoms with Gasteiger partial charge in [0.1, 0.15) is 5.70 Å². The number of carbonyl (C=O) groups excluding carboxylic acids is 1. The lowest BCUT2D eigenvalue weighted by atomic mass is 10.2. The predicted molar refractivity (Wildman–Crippen MR) is 81.8 cm³/mol. The van der Waals surface area contributed by atoms with Crippen LogP contribution in [0.5, 0.6) is 0 Å². The predicted octanol–water partition coefficient (Wildman–Crippen LogP) is 2.03. The molecule has 1 saturated heterocycles. The molecule has 3 heterocycles. The number of rotatable bonds is 2. The molecule has 2 aromatic rings. The van der Waals surface area contributed by atoms with Crippen LogP contribution in [0.2, 0.25) is 0 Å². The lowest BCUT2D eigenvalue weighted by Crippen LogP contribution is -2.36. The van der Waals surface area contributed by atoms with E-state index in [2.05, 4.69) is 15.3 Å². The van der Waals surface area contributed by atoms with Crippen molar-refractivity contribution in [3.05, 3.63) is 35.9 Å². The number of aromatic amines is 1. The zero-order valence-electron chi connectivity index (χ0n) is 11.2. The third kappa shape index (κ3) is 1.98. The maximum atomic E-state index is 12.3. The van der Waals surface area contributed by atoms with E-state index in [4.69, 9.17) is 12.2 Å². The Balaban J connectivity index is 2.01. The summed E-state index contributed by atoms with van der Waals surface area (Å²) in [6.07, 6.45) is 7.16. The van der Waals surface area contributed by atoms with Crippen LogP contribution in [-0.4, -0.2) is 31.9 Å². The molecule has 1 aliphatic heterocycles. The molecule has 6 heteroatoms. The molecule has 20 heavy (non-hydrogen) atoms. The first-order valence-electron chi connectivity index (χ1n) is 6.35. The lowest BCUT2D eigenvalue weighted by Gasteiger charge is -2.17. The standard InChI is InChI=1S/C14H14N4OS/c1-8(2)18-13(19)12(17-14(18)20)5-9-6-16-11-3-4-15-7-10(9)11/h3-8,16H,1-2H3,(H,17,20)/b12-5-. The van der Waals surface area contributed by atoms with Crippen molar-refractivity contribution in [1.82, 2.24) is 20.2 Å². The van der Waals surface area contributed by atoms with Crippen LogP contribution in [0, 0.1) is 0 Å². The molecule has 0 atom stereocenters. The second-order valence-electron chi connectivity index (χ2n) is 4.92. The fourth-order valence-electron chi connectivity index (χ4n) is 2.28. The molecule has 102 valence electrons. The molecule has 0 saturated carbocycles. The van der Waals surface area contributed by atoms with Gasteiger partial charge in [-0.1, -0.05) is 0 Å². The van der Waals surface area contributed by atoms with E-state index in [0.29, 0.717) is 10.8 Å². The van der Waals surface area contributed by atoms with Gasteiger partial charge < -0.3 is 10.3 Å². The minimum atomic E-state index is -0.0942. The summed E-state index contributed by atoms with van der Waals surface area (Å²) in [5, 5.41) is 4.40. The maximum Gasteiger partial charge on any atom is 0.276 e. The number of amides is 1. The summed E-state index contributed by atoms with van der Waals surface area (Å²) in [4.78, 5) is 21.1. The molecule has 2 aromatic heterocycles. The monoisotopic (exact) mass is 286 g/mol. The van der Waals surface area contributed by atoms with Crippen molar-refractivity contribution in [2.24, 2.45) is 0 Å². The number of pyridine rings is 1. The Kier molecular flexibility index (Phi) is 3.02. The van der Waals surface area contributed by atoms with Crippen molar-refractivity contribution in [3.8, 4) is 0 Å². The Morgan fingerprint density at radius 2 is 2.25 bits per heavy atom. The second-order valence-corrected chi connectivity index (χ2v) is 5.31. The van der Waals surface area contributed by atoms with Crippen LogP contribution in [0.15, 0.2) is 30.4 Å². The summed E-state index contributed by atoms with van der Waals surface area (Å²) in [7, 11) is 0. The Bertz CT molecular complexity index is 732. The average Bonchev–Trinajstić information content (AvgIpc) is 2.93. The maximum absolute atomic E-state index is 12.3. The van der Waals surface area contributed by atoms with Gasteiger partial charge in [0.25, 0.3) is 5.91 Å². The van der Waals surface area contributed by atoms with Crippen molar-refractivity contribution in [2.75, 3.05) is 0 Å². The van der Waals surface area contributed by atoms with Gasteiger partial charge in [0.05, 0.1) is 0 Å². The van der Waals surface area contributed by atoms with Gasteiger partial charge in [0.2, 0.25) is 0 Å². The van der Waals surface area contributed by atoms with E-state index in [-0.39, 0.29) is 11.9 Å². The Morgan fingerprint density at radius 1 is 1.45 bits per heavy atom. The molecule has 0 aliphatic carbocycles. The molecule has 0 bridgehead atoms. The van der Waals surface area contributed by atoms with Gasteiger partial charge in [-0.25, -0.2) is 0 Å². The van der Waals surface area contributed by atoms with Crippen LogP contribution in [-0.2, 0) is 4.79 Å². The van der Waals surface area contributed by atoms with E-state index in [1.807, 2.05) is 26.1 Å². The number of nitrogens with zero attached hydrogens (tertiary/aromatic N) is 2. The number of carbonyl (C=O) groups is 1. The quantitative estimate of drug-likeness (QED) is 0.655. The normalized spacial score (nSPS) is 17.6. The summed E-state index contributed by atoms with van der Waals surface area (Å²) in [6.45, 7) is 3.87. The summed E-state index contributed by atoms with van der Waals surface area (Å²) >= 11 is 5.20. The Labute approximate surface area is 121 Å². The van der Waals surface area contributed by atoms with E-state index >= 15 is 0 Å². The van der Waals surface area contributed by atoms with Gasteiger partial charge in [-0.3, -0.25) is 14.7 Å². The largest absolute Gasteiger partial charge is 0.360 e. The van der Waals surface area contributed by atoms with Gasteiger partial charge in [-0.2, -0.15) is 0 Å². The van der Waals surface area contributed by atoms with Crippen LogP contribution in [0.1, 0.15) is 19.4 Å². The number of aromatic nitrogens is 2. The van der Waals surface area contributed by atoms with Gasteiger partial charge in [0, 0.05) is 41.1 Å². The van der Waals surface area contributed by atoms with Crippen LogP contribution >= 0.6 is 12.2 Å². The number of nitrogens with one attached hydrogen (secondary N) is 2. The van der Waals surface area contributed by atoms with E-state index in [0.717, 1.165) is 16.5 Å². The highest BCUT2D eigenvalue weighted by Crippen LogP contribution is 2.21. The smallest absolute Gasteiger partial charge is 0.276 e. The first kappa shape index (κ1) is 12.8. The first-order valence-corrected chi connectivity index (χ1v) is 6.76. The van der Waals surface area contributed by atoms with Gasteiger partial charge >= 0.3 is 0 Å². The molecule has 0 spiro atoms. The molecule has 0 radical (unpaired) electrons. The van der Waals surface area contributed by atoms with Crippen molar-refractivity contribution in [3.63, 3.8) is 0 Å². The third-order valence-electron chi connectivity index (χ3n) is 3.24. The van der Waals surface area contributed by atoms with E-state index in [9.17, 15) is 4.79 Å². The highest BCUT2D eigenvalue weighted by Gasteiger charge is 2.32. The van der Waals surface area contributed by atoms with Crippen LogP contribution in [0.3, 0.4) is 0 Å². The molecule has 1 aliphatic rings. The minimum Gasteiger partial charge on any atom is -0.360 e. The number of H-pyrrole nitrogens is 1. The number of fused-ring (bicyclic) bond motifs is 1. The molecule has 0 unspecified atom stereocenters. The third-order valence-corrected chi connectivity index (χ3v) is 3.54. The topological polar surface area (TPSA) is 61.0 Å². The average molecular weight is 286 g/mol. The molecule has 2 N–H and O–H groups in total. The summed E-state index contributed by atoms with van der Waals surface area (Å²) in [5.41, 5.74) is 2.39. The summed E-state index contributed by atoms with van der Waals surface area (Å²) in [6, 6.07) is 1.93. The first-order chi connectivity index (χ1) is 9.58. The molecule has 1 amide bonds. The van der Waals surface area contributed by atoms with Crippen molar-refractivity contribution in [2.45, 2.75) is 19.9 Å². The molecule has 1 fully saturated rings. The van der Waals surface area contributed by atoms with Crippen molar-refractivity contribution >= 4 is 40.2 Å². The Morgan fingerprint density at radius 3 is 2.95 bits per heavy atom. The van der Waals surface area contributed by atoms with E-state index in [1.165, 1.54) is 0 Å². The van der Waals surface area contributed by atoms with Crippen LogP contribution in [0.4, 0.5) is 0 Å². The van der Waals surface area contributed by atoms with Gasteiger partial charge in [-0.15, -0.1) is 0 Å². The zero-order valence-corrected chi connectivity index (χ0v) is 12.0. The lowest BCUT2D eigenvalue weighted by molar-refractivity contribution is -0.123. The highest BCUT2D eigenvalue weighted by atomic mass is 32.1. The van der Waals surface area contributed by atoms with Crippen LogP contribution < -0.4 is 5.32 Å². The fourth-order valence-corrected chi connectivity index (χ4v) is 2.68. The van der Waals surface area contributed by atoms with Gasteiger partial charge in [-0.05, 0) is 38.2 Å².